The summed E-state index contributed by atoms with van der Waals surface area (Å²) in [6.07, 6.45) is 0. The molecule has 1 N–H and O–H groups in total. The molecule has 0 aliphatic heterocycles. The number of hydrogen-bond acceptors (Lipinski definition) is 3. The van der Waals surface area contributed by atoms with Crippen molar-refractivity contribution in [3.05, 3.63) is 28.3 Å². The lowest BCUT2D eigenvalue weighted by molar-refractivity contribution is -0.384. The first-order valence-electron chi connectivity index (χ1n) is 2.84. The number of nitrogens with zero attached hydrogens (tertiary/aromatic N) is 1. The molecule has 0 atom stereocenters. The van der Waals surface area contributed by atoms with Gasteiger partial charge in [-0.25, -0.2) is 0 Å². The van der Waals surface area contributed by atoms with Gasteiger partial charge in [-0.15, -0.1) is 0 Å². The van der Waals surface area contributed by atoms with Crippen LogP contribution in [0.5, 0.6) is 5.75 Å². The molecule has 11 heavy (non-hydrogen) atoms. The molecule has 0 amide bonds. The van der Waals surface area contributed by atoms with E-state index in [4.69, 9.17) is 13.0 Å². The largest absolute Gasteiger partial charge is 0.509 e. The summed E-state index contributed by atoms with van der Waals surface area (Å²) in [7, 11) is 5.20. The number of nitro groups is 1. The topological polar surface area (TPSA) is 63.4 Å². The Morgan fingerprint density at radius 1 is 1.55 bits per heavy atom. The monoisotopic (exact) mass is 149 g/mol. The van der Waals surface area contributed by atoms with Crippen LogP contribution in [-0.4, -0.2) is 17.9 Å². The van der Waals surface area contributed by atoms with Gasteiger partial charge in [0.2, 0.25) is 0 Å². The van der Waals surface area contributed by atoms with Crippen molar-refractivity contribution in [3.8, 4) is 5.75 Å². The number of phenols is 1. The maximum atomic E-state index is 10.1. The van der Waals surface area contributed by atoms with Crippen LogP contribution in [0.15, 0.2) is 18.2 Å². The van der Waals surface area contributed by atoms with Crippen molar-refractivity contribution in [1.29, 1.82) is 0 Å². The third-order valence-electron chi connectivity index (χ3n) is 1.22. The van der Waals surface area contributed by atoms with E-state index >= 15 is 0 Å². The van der Waals surface area contributed by atoms with Crippen LogP contribution in [-0.2, 0) is 0 Å². The first-order valence-corrected chi connectivity index (χ1v) is 2.84. The Morgan fingerprint density at radius 3 is 2.64 bits per heavy atom. The van der Waals surface area contributed by atoms with E-state index in [1.165, 1.54) is 12.1 Å². The van der Waals surface area contributed by atoms with Crippen LogP contribution in [0.25, 0.3) is 0 Å². The molecule has 0 spiro atoms. The van der Waals surface area contributed by atoms with Gasteiger partial charge in [-0.2, -0.15) is 0 Å². The Labute approximate surface area is 64.0 Å². The molecular weight excluding hydrogens is 145 g/mol. The van der Waals surface area contributed by atoms with E-state index in [1.807, 2.05) is 0 Å². The zero-order valence-corrected chi connectivity index (χ0v) is 5.52. The lowest BCUT2D eigenvalue weighted by Crippen LogP contribution is -2.03. The van der Waals surface area contributed by atoms with E-state index in [0.717, 1.165) is 6.07 Å². The minimum absolute atomic E-state index is 0.0131. The van der Waals surface area contributed by atoms with E-state index in [1.54, 1.807) is 0 Å². The lowest BCUT2D eigenvalue weighted by atomic mass is 9.95. The maximum Gasteiger partial charge on any atom is 0.269 e. The van der Waals surface area contributed by atoms with Crippen molar-refractivity contribution in [3.63, 3.8) is 0 Å². The molecule has 0 saturated carbocycles. The van der Waals surface area contributed by atoms with E-state index in [9.17, 15) is 10.1 Å². The number of phenolic OH excluding ortho intramolecular Hbond substituents is 1. The Hall–Kier alpha value is -1.52. The van der Waals surface area contributed by atoms with Crippen molar-refractivity contribution in [1.82, 2.24) is 0 Å². The van der Waals surface area contributed by atoms with Gasteiger partial charge in [-0.3, -0.25) is 10.1 Å². The van der Waals surface area contributed by atoms with Gasteiger partial charge < -0.3 is 5.11 Å². The molecule has 0 unspecified atom stereocenters. The van der Waals surface area contributed by atoms with Gasteiger partial charge in [0.15, 0.2) is 0 Å². The third-order valence-corrected chi connectivity index (χ3v) is 1.22. The Morgan fingerprint density at radius 2 is 2.18 bits per heavy atom. The molecule has 0 fully saturated rings. The second-order valence-electron chi connectivity index (χ2n) is 2.00. The molecule has 4 nitrogen and oxygen atoms in total. The number of rotatable bonds is 1. The van der Waals surface area contributed by atoms with Gasteiger partial charge in [-0.05, 0) is 11.5 Å². The molecule has 54 valence electrons. The summed E-state index contributed by atoms with van der Waals surface area (Å²) in [6, 6.07) is 3.48. The molecule has 0 heterocycles. The fourth-order valence-corrected chi connectivity index (χ4v) is 0.655. The highest BCUT2D eigenvalue weighted by Gasteiger charge is 2.05. The van der Waals surface area contributed by atoms with Gasteiger partial charge >= 0.3 is 0 Å². The fraction of sp³-hybridized carbons (Fsp3) is 0. The Kier molecular flexibility index (Phi) is 1.80. The molecule has 0 aliphatic carbocycles. The quantitative estimate of drug-likeness (QED) is 0.349. The molecule has 0 aromatic heterocycles. The standard InChI is InChI=1S/C6H4BNO3/c7-5-3-4(8(10)11)1-2-6(5)9/h1-3,9H. The van der Waals surface area contributed by atoms with Crippen molar-refractivity contribution in [2.24, 2.45) is 0 Å². The van der Waals surface area contributed by atoms with E-state index < -0.39 is 4.92 Å². The van der Waals surface area contributed by atoms with Crippen LogP contribution in [0.3, 0.4) is 0 Å². The van der Waals surface area contributed by atoms with E-state index in [-0.39, 0.29) is 16.9 Å². The molecule has 0 aliphatic rings. The van der Waals surface area contributed by atoms with Crippen molar-refractivity contribution >= 4 is 19.0 Å². The van der Waals surface area contributed by atoms with Crippen LogP contribution < -0.4 is 5.46 Å². The highest BCUT2D eigenvalue weighted by Crippen LogP contribution is 2.12. The summed E-state index contributed by atoms with van der Waals surface area (Å²) in [4.78, 5) is 9.56. The zero-order chi connectivity index (χ0) is 8.43. The normalized spacial score (nSPS) is 9.45. The average molecular weight is 149 g/mol. The number of aromatic hydroxyl groups is 1. The first kappa shape index (κ1) is 7.59. The lowest BCUT2D eigenvalue weighted by Gasteiger charge is -1.96. The van der Waals surface area contributed by atoms with Crippen LogP contribution in [0.2, 0.25) is 0 Å². The summed E-state index contributed by atoms with van der Waals surface area (Å²) in [6.45, 7) is 0. The summed E-state index contributed by atoms with van der Waals surface area (Å²) in [5.41, 5.74) is -0.112. The second kappa shape index (κ2) is 2.61. The van der Waals surface area contributed by atoms with Crippen molar-refractivity contribution in [2.75, 3.05) is 0 Å². The average Bonchev–Trinajstić information content (AvgIpc) is 1.94. The Bertz CT molecular complexity index is 300. The predicted molar refractivity (Wildman–Crippen MR) is 40.1 cm³/mol. The van der Waals surface area contributed by atoms with Crippen LogP contribution >= 0.6 is 0 Å². The third kappa shape index (κ3) is 1.49. The second-order valence-corrected chi connectivity index (χ2v) is 2.00. The minimum atomic E-state index is -0.574. The smallest absolute Gasteiger partial charge is 0.269 e. The molecular formula is C6H4BNO3. The van der Waals surface area contributed by atoms with Crippen LogP contribution in [0.4, 0.5) is 5.69 Å². The number of hydrogen-bond donors (Lipinski definition) is 1. The zero-order valence-electron chi connectivity index (χ0n) is 5.52. The number of benzene rings is 1. The summed E-state index contributed by atoms with van der Waals surface area (Å²) >= 11 is 0. The summed E-state index contributed by atoms with van der Waals surface area (Å²) in [5.74, 6) is -0.143. The minimum Gasteiger partial charge on any atom is -0.509 e. The number of non-ortho nitro benzene ring substituents is 1. The van der Waals surface area contributed by atoms with Crippen LogP contribution in [0, 0.1) is 10.1 Å². The van der Waals surface area contributed by atoms with E-state index in [2.05, 4.69) is 0 Å². The number of nitro benzene ring substituents is 1. The van der Waals surface area contributed by atoms with E-state index in [0.29, 0.717) is 0 Å². The predicted octanol–water partition coefficient (Wildman–Crippen LogP) is 0.0942. The molecule has 1 rings (SSSR count). The summed E-state index contributed by atoms with van der Waals surface area (Å²) < 4.78 is 0. The van der Waals surface area contributed by atoms with Gasteiger partial charge in [0.25, 0.3) is 5.69 Å². The molecule has 0 saturated heterocycles. The molecule has 1 aromatic rings. The van der Waals surface area contributed by atoms with Gasteiger partial charge in [0, 0.05) is 12.1 Å². The summed E-state index contributed by atoms with van der Waals surface area (Å²) in [5, 5.41) is 19.0. The molecule has 5 heteroatoms. The highest BCUT2D eigenvalue weighted by atomic mass is 16.6. The van der Waals surface area contributed by atoms with Gasteiger partial charge in [0.05, 0.1) is 4.92 Å². The van der Waals surface area contributed by atoms with Crippen molar-refractivity contribution in [2.45, 2.75) is 0 Å². The highest BCUT2D eigenvalue weighted by molar-refractivity contribution is 6.34. The van der Waals surface area contributed by atoms with Gasteiger partial charge in [-0.1, -0.05) is 0 Å². The SMILES string of the molecule is [B]c1cc([N+](=O)[O-])ccc1O. The first-order chi connectivity index (χ1) is 5.11. The Balaban J connectivity index is 3.15. The van der Waals surface area contributed by atoms with Crippen LogP contribution in [0.1, 0.15) is 0 Å². The molecule has 0 bridgehead atoms. The molecule has 1 aromatic carbocycles. The van der Waals surface area contributed by atoms with Crippen molar-refractivity contribution < 1.29 is 10.0 Å². The maximum absolute atomic E-state index is 10.1. The van der Waals surface area contributed by atoms with Gasteiger partial charge in [0.1, 0.15) is 13.6 Å². The molecule has 2 radical (unpaired) electrons. The fourth-order valence-electron chi connectivity index (χ4n) is 0.655.